The van der Waals surface area contributed by atoms with Gasteiger partial charge in [-0.25, -0.2) is 4.39 Å². The largest absolute Gasteiger partial charge is 0.349 e. The summed E-state index contributed by atoms with van der Waals surface area (Å²) in [5.74, 6) is 0.624. The highest BCUT2D eigenvalue weighted by molar-refractivity contribution is 5.94. The molecule has 0 bridgehead atoms. The van der Waals surface area contributed by atoms with Crippen LogP contribution in [0.4, 0.5) is 4.39 Å². The Labute approximate surface area is 105 Å². The third-order valence-corrected chi connectivity index (χ3v) is 3.48. The second-order valence-corrected chi connectivity index (χ2v) is 4.50. The van der Waals surface area contributed by atoms with Crippen molar-refractivity contribution in [1.29, 1.82) is 0 Å². The van der Waals surface area contributed by atoms with Crippen LogP contribution >= 0.6 is 12.4 Å². The average molecular weight is 257 g/mol. The highest BCUT2D eigenvalue weighted by Gasteiger charge is 2.53. The number of nitrogens with one attached hydrogen (secondary N) is 2. The number of piperidine rings is 1. The lowest BCUT2D eigenvalue weighted by atomic mass is 10.2. The van der Waals surface area contributed by atoms with Crippen LogP contribution < -0.4 is 10.6 Å². The van der Waals surface area contributed by atoms with Crippen molar-refractivity contribution in [3.63, 3.8) is 0 Å². The van der Waals surface area contributed by atoms with E-state index in [1.54, 1.807) is 12.1 Å². The molecular weight excluding hydrogens is 243 g/mol. The number of hydrogen-bond acceptors (Lipinski definition) is 2. The summed E-state index contributed by atoms with van der Waals surface area (Å²) < 4.78 is 12.9. The molecule has 2 aliphatic rings. The maximum Gasteiger partial charge on any atom is 0.251 e. The topological polar surface area (TPSA) is 41.1 Å². The number of amides is 1. The van der Waals surface area contributed by atoms with E-state index in [9.17, 15) is 9.18 Å². The van der Waals surface area contributed by atoms with Crippen LogP contribution in [0.15, 0.2) is 24.3 Å². The standard InChI is InChI=1S/C12H13FN2O.ClH/c13-8-3-1-2-7(4-8)12(16)15-11-9-5-14-6-10(9)11;/h1-4,9-11,14H,5-6H2,(H,15,16);1H. The highest BCUT2D eigenvalue weighted by atomic mass is 35.5. The molecule has 3 nitrogen and oxygen atoms in total. The molecule has 2 atom stereocenters. The zero-order valence-corrected chi connectivity index (χ0v) is 9.97. The lowest BCUT2D eigenvalue weighted by Gasteiger charge is -2.07. The Morgan fingerprint density at radius 3 is 2.71 bits per heavy atom. The van der Waals surface area contributed by atoms with Crippen molar-refractivity contribution in [3.05, 3.63) is 35.6 Å². The Hall–Kier alpha value is -1.13. The maximum atomic E-state index is 12.9. The number of carbonyl (C=O) groups excluding carboxylic acids is 1. The molecule has 1 aromatic rings. The van der Waals surface area contributed by atoms with Crippen molar-refractivity contribution in [2.75, 3.05) is 13.1 Å². The molecule has 3 rings (SSSR count). The van der Waals surface area contributed by atoms with Crippen molar-refractivity contribution in [2.45, 2.75) is 6.04 Å². The first-order valence-electron chi connectivity index (χ1n) is 5.53. The van der Waals surface area contributed by atoms with E-state index in [4.69, 9.17) is 0 Å². The number of carbonyl (C=O) groups is 1. The molecule has 92 valence electrons. The predicted octanol–water partition coefficient (Wildman–Crippen LogP) is 1.20. The van der Waals surface area contributed by atoms with E-state index in [0.717, 1.165) is 13.1 Å². The van der Waals surface area contributed by atoms with Crippen molar-refractivity contribution in [1.82, 2.24) is 10.6 Å². The molecule has 2 fully saturated rings. The fourth-order valence-electron chi connectivity index (χ4n) is 2.50. The molecule has 1 amide bonds. The van der Waals surface area contributed by atoms with E-state index in [-0.39, 0.29) is 30.2 Å². The van der Waals surface area contributed by atoms with E-state index in [0.29, 0.717) is 17.4 Å². The van der Waals surface area contributed by atoms with Crippen molar-refractivity contribution < 1.29 is 9.18 Å². The SMILES string of the molecule is Cl.O=C(NC1C2CNCC21)c1cccc(F)c1. The molecule has 1 aliphatic carbocycles. The molecule has 17 heavy (non-hydrogen) atoms. The molecule has 0 aromatic heterocycles. The summed E-state index contributed by atoms with van der Waals surface area (Å²) in [6.07, 6.45) is 0. The van der Waals surface area contributed by atoms with Gasteiger partial charge in [-0.15, -0.1) is 12.4 Å². The summed E-state index contributed by atoms with van der Waals surface area (Å²) in [5.41, 5.74) is 0.401. The van der Waals surface area contributed by atoms with Gasteiger partial charge in [0.2, 0.25) is 0 Å². The molecule has 1 aromatic carbocycles. The van der Waals surface area contributed by atoms with Gasteiger partial charge in [-0.3, -0.25) is 4.79 Å². The van der Waals surface area contributed by atoms with Gasteiger partial charge in [0.25, 0.3) is 5.91 Å². The predicted molar refractivity (Wildman–Crippen MR) is 64.8 cm³/mol. The first-order valence-corrected chi connectivity index (χ1v) is 5.53. The number of hydrogen-bond donors (Lipinski definition) is 2. The summed E-state index contributed by atoms with van der Waals surface area (Å²) in [5, 5.41) is 6.22. The van der Waals surface area contributed by atoms with Crippen LogP contribution in [0, 0.1) is 17.7 Å². The van der Waals surface area contributed by atoms with Crippen LogP contribution in [0.5, 0.6) is 0 Å². The van der Waals surface area contributed by atoms with Gasteiger partial charge in [-0.1, -0.05) is 6.07 Å². The molecule has 5 heteroatoms. The van der Waals surface area contributed by atoms with Crippen molar-refractivity contribution in [2.24, 2.45) is 11.8 Å². The highest BCUT2D eigenvalue weighted by Crippen LogP contribution is 2.41. The zero-order chi connectivity index (χ0) is 11.1. The summed E-state index contributed by atoms with van der Waals surface area (Å²) in [6, 6.07) is 6.09. The molecule has 0 radical (unpaired) electrons. The molecule has 1 saturated heterocycles. The van der Waals surface area contributed by atoms with Crippen molar-refractivity contribution >= 4 is 18.3 Å². The molecule has 2 unspecified atom stereocenters. The van der Waals surface area contributed by atoms with Crippen LogP contribution in [0.2, 0.25) is 0 Å². The molecule has 0 spiro atoms. The molecule has 1 aliphatic heterocycles. The summed E-state index contributed by atoms with van der Waals surface area (Å²) in [7, 11) is 0. The van der Waals surface area contributed by atoms with E-state index in [2.05, 4.69) is 10.6 Å². The van der Waals surface area contributed by atoms with Gasteiger partial charge in [-0.05, 0) is 30.0 Å². The Bertz CT molecular complexity index is 430. The minimum Gasteiger partial charge on any atom is -0.349 e. The van der Waals surface area contributed by atoms with Crippen molar-refractivity contribution in [3.8, 4) is 0 Å². The smallest absolute Gasteiger partial charge is 0.251 e. The van der Waals surface area contributed by atoms with Gasteiger partial charge in [-0.2, -0.15) is 0 Å². The Morgan fingerprint density at radius 2 is 2.06 bits per heavy atom. The zero-order valence-electron chi connectivity index (χ0n) is 9.15. The van der Waals surface area contributed by atoms with Crippen LogP contribution in [-0.2, 0) is 0 Å². The van der Waals surface area contributed by atoms with Gasteiger partial charge >= 0.3 is 0 Å². The van der Waals surface area contributed by atoms with E-state index < -0.39 is 0 Å². The first-order chi connectivity index (χ1) is 7.75. The molecule has 2 N–H and O–H groups in total. The maximum absolute atomic E-state index is 12.9. The Kier molecular flexibility index (Phi) is 3.35. The Morgan fingerprint density at radius 1 is 1.35 bits per heavy atom. The van der Waals surface area contributed by atoms with Crippen LogP contribution in [-0.4, -0.2) is 25.0 Å². The summed E-state index contributed by atoms with van der Waals surface area (Å²) >= 11 is 0. The monoisotopic (exact) mass is 256 g/mol. The van der Waals surface area contributed by atoms with Crippen LogP contribution in [0.3, 0.4) is 0 Å². The lowest BCUT2D eigenvalue weighted by molar-refractivity contribution is 0.0946. The molecule has 1 heterocycles. The Balaban J connectivity index is 0.00000108. The number of fused-ring (bicyclic) bond motifs is 1. The lowest BCUT2D eigenvalue weighted by Crippen LogP contribution is -2.32. The van der Waals surface area contributed by atoms with Gasteiger partial charge in [0, 0.05) is 24.7 Å². The summed E-state index contributed by atoms with van der Waals surface area (Å²) in [4.78, 5) is 11.8. The van der Waals surface area contributed by atoms with E-state index >= 15 is 0 Å². The molecule has 1 saturated carbocycles. The third kappa shape index (κ3) is 2.28. The second-order valence-electron chi connectivity index (χ2n) is 4.50. The number of benzene rings is 1. The molecular formula is C12H14ClFN2O. The minimum atomic E-state index is -0.370. The first kappa shape index (κ1) is 12.3. The quantitative estimate of drug-likeness (QED) is 0.835. The normalized spacial score (nSPS) is 29.1. The van der Waals surface area contributed by atoms with E-state index in [1.807, 2.05) is 0 Å². The van der Waals surface area contributed by atoms with Gasteiger partial charge in [0.1, 0.15) is 5.82 Å². The van der Waals surface area contributed by atoms with E-state index in [1.165, 1.54) is 12.1 Å². The van der Waals surface area contributed by atoms with Crippen LogP contribution in [0.25, 0.3) is 0 Å². The minimum absolute atomic E-state index is 0. The number of halogens is 2. The summed E-state index contributed by atoms with van der Waals surface area (Å²) in [6.45, 7) is 1.97. The fourth-order valence-corrected chi connectivity index (χ4v) is 2.50. The van der Waals surface area contributed by atoms with Gasteiger partial charge in [0.05, 0.1) is 0 Å². The third-order valence-electron chi connectivity index (χ3n) is 3.48. The fraction of sp³-hybridized carbons (Fsp3) is 0.417. The van der Waals surface area contributed by atoms with Crippen LogP contribution in [0.1, 0.15) is 10.4 Å². The van der Waals surface area contributed by atoms with Gasteiger partial charge in [0.15, 0.2) is 0 Å². The van der Waals surface area contributed by atoms with Gasteiger partial charge < -0.3 is 10.6 Å². The average Bonchev–Trinajstić information content (AvgIpc) is 2.74. The number of rotatable bonds is 2. The second kappa shape index (κ2) is 4.63.